The summed E-state index contributed by atoms with van der Waals surface area (Å²) in [6.07, 6.45) is 7.92. The molecular weight excluding hydrogens is 194 g/mol. The van der Waals surface area contributed by atoms with Gasteiger partial charge >= 0.3 is 5.97 Å². The molecule has 1 fully saturated rings. The summed E-state index contributed by atoms with van der Waals surface area (Å²) in [5.74, 6) is -0.431. The molecule has 84 valence electrons. The number of rotatable bonds is 2. The van der Waals surface area contributed by atoms with Crippen LogP contribution in [0, 0.1) is 5.92 Å². The summed E-state index contributed by atoms with van der Waals surface area (Å²) in [7, 11) is 0. The van der Waals surface area contributed by atoms with E-state index in [1.807, 2.05) is 0 Å². The molecule has 0 amide bonds. The van der Waals surface area contributed by atoms with Gasteiger partial charge in [0.05, 0.1) is 0 Å². The van der Waals surface area contributed by atoms with Gasteiger partial charge in [0.15, 0.2) is 5.71 Å². The van der Waals surface area contributed by atoms with E-state index in [-0.39, 0.29) is 11.8 Å². The Bertz CT molecular complexity index is 267. The van der Waals surface area contributed by atoms with Gasteiger partial charge in [-0.2, -0.15) is 0 Å². The van der Waals surface area contributed by atoms with Crippen molar-refractivity contribution < 1.29 is 14.7 Å². The molecule has 0 aromatic heterocycles. The second-order valence-electron chi connectivity index (χ2n) is 4.44. The highest BCUT2D eigenvalue weighted by Crippen LogP contribution is 2.30. The summed E-state index contributed by atoms with van der Waals surface area (Å²) >= 11 is 0. The van der Waals surface area contributed by atoms with E-state index in [0.29, 0.717) is 12.3 Å². The van der Waals surface area contributed by atoms with Crippen LogP contribution in [0.4, 0.5) is 0 Å². The van der Waals surface area contributed by atoms with Crippen molar-refractivity contribution in [2.24, 2.45) is 11.1 Å². The molecule has 1 N–H and O–H groups in total. The summed E-state index contributed by atoms with van der Waals surface area (Å²) in [5.41, 5.74) is 0.184. The fourth-order valence-corrected chi connectivity index (χ4v) is 2.46. The van der Waals surface area contributed by atoms with Gasteiger partial charge in [-0.15, -0.1) is 0 Å². The SMILES string of the molecule is O=C(O)C1=NOC(C2CCCCCC2)C1. The predicted molar refractivity (Wildman–Crippen MR) is 55.8 cm³/mol. The normalized spacial score (nSPS) is 28.0. The Hall–Kier alpha value is -1.06. The minimum atomic E-state index is -0.939. The van der Waals surface area contributed by atoms with Crippen molar-refractivity contribution in [2.75, 3.05) is 0 Å². The van der Waals surface area contributed by atoms with Crippen LogP contribution in [-0.2, 0) is 9.63 Å². The zero-order chi connectivity index (χ0) is 10.7. The van der Waals surface area contributed by atoms with Gasteiger partial charge in [-0.05, 0) is 18.8 Å². The van der Waals surface area contributed by atoms with Gasteiger partial charge in [0.25, 0.3) is 0 Å². The van der Waals surface area contributed by atoms with E-state index in [1.165, 1.54) is 25.7 Å². The fraction of sp³-hybridized carbons (Fsp3) is 0.818. The van der Waals surface area contributed by atoms with E-state index in [1.54, 1.807) is 0 Å². The molecule has 0 saturated heterocycles. The van der Waals surface area contributed by atoms with E-state index in [9.17, 15) is 4.79 Å². The number of aliphatic carboxylic acids is 1. The number of hydrogen-bond acceptors (Lipinski definition) is 3. The van der Waals surface area contributed by atoms with Gasteiger partial charge in [-0.25, -0.2) is 4.79 Å². The molecule has 0 bridgehead atoms. The first-order valence-electron chi connectivity index (χ1n) is 5.73. The lowest BCUT2D eigenvalue weighted by atomic mass is 9.91. The Labute approximate surface area is 89.3 Å². The van der Waals surface area contributed by atoms with Crippen molar-refractivity contribution in [1.29, 1.82) is 0 Å². The third-order valence-corrected chi connectivity index (χ3v) is 3.37. The highest BCUT2D eigenvalue weighted by Gasteiger charge is 2.32. The fourth-order valence-electron chi connectivity index (χ4n) is 2.46. The Morgan fingerprint density at radius 2 is 1.93 bits per heavy atom. The van der Waals surface area contributed by atoms with Crippen LogP contribution >= 0.6 is 0 Å². The lowest BCUT2D eigenvalue weighted by Gasteiger charge is -2.19. The van der Waals surface area contributed by atoms with Crippen molar-refractivity contribution in [3.63, 3.8) is 0 Å². The van der Waals surface area contributed by atoms with Crippen molar-refractivity contribution in [2.45, 2.75) is 51.0 Å². The molecule has 4 nitrogen and oxygen atoms in total. The van der Waals surface area contributed by atoms with Gasteiger partial charge in [0.2, 0.25) is 0 Å². The van der Waals surface area contributed by atoms with Gasteiger partial charge in [0.1, 0.15) is 6.10 Å². The molecule has 1 saturated carbocycles. The summed E-state index contributed by atoms with van der Waals surface area (Å²) in [6.45, 7) is 0. The van der Waals surface area contributed by atoms with Crippen LogP contribution in [0.2, 0.25) is 0 Å². The smallest absolute Gasteiger partial charge is 0.353 e. The number of nitrogens with zero attached hydrogens (tertiary/aromatic N) is 1. The predicted octanol–water partition coefficient (Wildman–Crippen LogP) is 2.19. The third kappa shape index (κ3) is 2.49. The molecule has 2 rings (SSSR count). The molecule has 1 aliphatic carbocycles. The number of hydrogen-bond donors (Lipinski definition) is 1. The van der Waals surface area contributed by atoms with Gasteiger partial charge in [0, 0.05) is 6.42 Å². The van der Waals surface area contributed by atoms with Crippen LogP contribution in [0.15, 0.2) is 5.16 Å². The number of carboxylic acids is 1. The Morgan fingerprint density at radius 3 is 2.47 bits per heavy atom. The van der Waals surface area contributed by atoms with Crippen LogP contribution in [0.3, 0.4) is 0 Å². The molecule has 0 spiro atoms. The number of carbonyl (C=O) groups is 1. The maximum absolute atomic E-state index is 10.7. The molecular formula is C11H17NO3. The lowest BCUT2D eigenvalue weighted by molar-refractivity contribution is -0.129. The second kappa shape index (κ2) is 4.64. The van der Waals surface area contributed by atoms with E-state index >= 15 is 0 Å². The highest BCUT2D eigenvalue weighted by molar-refractivity contribution is 6.35. The Balaban J connectivity index is 1.88. The second-order valence-corrected chi connectivity index (χ2v) is 4.44. The van der Waals surface area contributed by atoms with Crippen molar-refractivity contribution in [3.05, 3.63) is 0 Å². The average Bonchev–Trinajstić information content (AvgIpc) is 2.55. The molecule has 4 heteroatoms. The van der Waals surface area contributed by atoms with E-state index in [0.717, 1.165) is 12.8 Å². The molecule has 2 aliphatic rings. The molecule has 1 unspecified atom stereocenters. The van der Waals surface area contributed by atoms with Crippen molar-refractivity contribution in [3.8, 4) is 0 Å². The van der Waals surface area contributed by atoms with Crippen LogP contribution in [0.5, 0.6) is 0 Å². The number of carboxylic acid groups (broad SMARTS) is 1. The van der Waals surface area contributed by atoms with Gasteiger partial charge in [-0.1, -0.05) is 30.8 Å². The molecule has 15 heavy (non-hydrogen) atoms. The molecule has 0 radical (unpaired) electrons. The van der Waals surface area contributed by atoms with Crippen LogP contribution in [-0.4, -0.2) is 22.9 Å². The van der Waals surface area contributed by atoms with Crippen LogP contribution < -0.4 is 0 Å². The monoisotopic (exact) mass is 211 g/mol. The summed E-state index contributed by atoms with van der Waals surface area (Å²) in [6, 6.07) is 0. The van der Waals surface area contributed by atoms with Crippen molar-refractivity contribution in [1.82, 2.24) is 0 Å². The van der Waals surface area contributed by atoms with Gasteiger partial charge < -0.3 is 9.94 Å². The minimum absolute atomic E-state index is 0.0224. The molecule has 0 aromatic carbocycles. The lowest BCUT2D eigenvalue weighted by Crippen LogP contribution is -2.22. The Kier molecular flexibility index (Phi) is 3.23. The maximum atomic E-state index is 10.7. The first-order valence-corrected chi connectivity index (χ1v) is 5.73. The highest BCUT2D eigenvalue weighted by atomic mass is 16.6. The molecule has 1 heterocycles. The van der Waals surface area contributed by atoms with E-state index < -0.39 is 5.97 Å². The number of oxime groups is 1. The summed E-state index contributed by atoms with van der Waals surface area (Å²) < 4.78 is 0. The van der Waals surface area contributed by atoms with Gasteiger partial charge in [-0.3, -0.25) is 0 Å². The first kappa shape index (κ1) is 10.5. The Morgan fingerprint density at radius 1 is 1.27 bits per heavy atom. The van der Waals surface area contributed by atoms with E-state index in [2.05, 4.69) is 5.16 Å². The summed E-state index contributed by atoms with van der Waals surface area (Å²) in [5, 5.41) is 12.4. The molecule has 1 aliphatic heterocycles. The quantitative estimate of drug-likeness (QED) is 0.712. The van der Waals surface area contributed by atoms with Crippen LogP contribution in [0.25, 0.3) is 0 Å². The van der Waals surface area contributed by atoms with E-state index in [4.69, 9.17) is 9.94 Å². The first-order chi connectivity index (χ1) is 7.27. The minimum Gasteiger partial charge on any atom is -0.477 e. The third-order valence-electron chi connectivity index (χ3n) is 3.37. The maximum Gasteiger partial charge on any atom is 0.353 e. The molecule has 0 aromatic rings. The average molecular weight is 211 g/mol. The zero-order valence-electron chi connectivity index (χ0n) is 8.82. The zero-order valence-corrected chi connectivity index (χ0v) is 8.82. The summed E-state index contributed by atoms with van der Waals surface area (Å²) in [4.78, 5) is 15.9. The van der Waals surface area contributed by atoms with Crippen LogP contribution in [0.1, 0.15) is 44.9 Å². The molecule has 1 atom stereocenters. The topological polar surface area (TPSA) is 58.9 Å². The standard InChI is InChI=1S/C11H17NO3/c13-11(14)9-7-10(15-12-9)8-5-3-1-2-4-6-8/h8,10H,1-7H2,(H,13,14). The van der Waals surface area contributed by atoms with Crippen molar-refractivity contribution >= 4 is 11.7 Å². The largest absolute Gasteiger partial charge is 0.477 e.